The van der Waals surface area contributed by atoms with Crippen molar-refractivity contribution in [1.29, 1.82) is 0 Å². The van der Waals surface area contributed by atoms with Gasteiger partial charge in [-0.05, 0) is 30.4 Å². The molecule has 0 aliphatic rings. The van der Waals surface area contributed by atoms with Crippen molar-refractivity contribution in [3.05, 3.63) is 29.8 Å². The lowest BCUT2D eigenvalue weighted by molar-refractivity contribution is -0.146. The molecule has 10 heteroatoms. The van der Waals surface area contributed by atoms with Crippen LogP contribution in [0, 0.1) is 0 Å². The summed E-state index contributed by atoms with van der Waals surface area (Å²) in [6.07, 6.45) is -0.120. The minimum atomic E-state index is -0.488. The van der Waals surface area contributed by atoms with Crippen molar-refractivity contribution in [2.24, 2.45) is 0 Å². The predicted molar refractivity (Wildman–Crippen MR) is 107 cm³/mol. The molecule has 0 aromatic heterocycles. The Labute approximate surface area is 169 Å². The van der Waals surface area contributed by atoms with Crippen molar-refractivity contribution in [3.8, 4) is 0 Å². The first-order valence-electron chi connectivity index (χ1n) is 8.59. The van der Waals surface area contributed by atoms with E-state index in [2.05, 4.69) is 16.0 Å². The van der Waals surface area contributed by atoms with E-state index >= 15 is 0 Å². The number of methoxy groups -OCH3 is 2. The van der Waals surface area contributed by atoms with Crippen LogP contribution in [0.4, 0.5) is 5.69 Å². The number of carbonyl (C=O) groups is 3. The van der Waals surface area contributed by atoms with Crippen LogP contribution >= 0.6 is 12.2 Å². The highest BCUT2D eigenvalue weighted by atomic mass is 32.1. The Kier molecular flexibility index (Phi) is 11.4. The number of anilines is 1. The molecule has 0 spiro atoms. The number of hydrogen-bond acceptors (Lipinski definition) is 7. The van der Waals surface area contributed by atoms with Gasteiger partial charge in [-0.2, -0.15) is 0 Å². The molecule has 0 radical (unpaired) electrons. The molecule has 0 saturated carbocycles. The third-order valence-corrected chi connectivity index (χ3v) is 3.54. The van der Waals surface area contributed by atoms with Crippen molar-refractivity contribution in [2.75, 3.05) is 45.9 Å². The molecule has 3 N–H and O–H groups in total. The van der Waals surface area contributed by atoms with Crippen molar-refractivity contribution < 1.29 is 28.6 Å². The van der Waals surface area contributed by atoms with Gasteiger partial charge in [-0.25, -0.2) is 0 Å². The van der Waals surface area contributed by atoms with E-state index in [1.165, 1.54) is 7.11 Å². The lowest BCUT2D eigenvalue weighted by atomic mass is 10.2. The summed E-state index contributed by atoms with van der Waals surface area (Å²) in [5, 5.41) is 8.08. The van der Waals surface area contributed by atoms with Gasteiger partial charge in [0.05, 0.1) is 19.6 Å². The number of hydrogen-bond donors (Lipinski definition) is 3. The van der Waals surface area contributed by atoms with E-state index < -0.39 is 11.9 Å². The summed E-state index contributed by atoms with van der Waals surface area (Å²) >= 11 is 5.08. The van der Waals surface area contributed by atoms with E-state index in [1.807, 2.05) is 0 Å². The molecule has 1 rings (SSSR count). The molecule has 1 aromatic rings. The zero-order chi connectivity index (χ0) is 20.8. The highest BCUT2D eigenvalue weighted by molar-refractivity contribution is 7.80. The first kappa shape index (κ1) is 23.5. The summed E-state index contributed by atoms with van der Waals surface area (Å²) in [6, 6.07) is 6.66. The second kappa shape index (κ2) is 13.6. The molecule has 0 saturated heterocycles. The number of esters is 1. The third-order valence-electron chi connectivity index (χ3n) is 3.33. The number of rotatable bonds is 11. The molecule has 0 aliphatic heterocycles. The van der Waals surface area contributed by atoms with Crippen LogP contribution in [0.3, 0.4) is 0 Å². The molecular formula is C18H25N3O6S. The minimum Gasteiger partial charge on any atom is -0.463 e. The SMILES string of the molecule is COCCNC(=O)c1cccc(NC(=S)NC(=O)CCC(=O)OCCOC)c1. The molecule has 0 fully saturated rings. The Balaban J connectivity index is 2.41. The number of ether oxygens (including phenoxy) is 3. The van der Waals surface area contributed by atoms with E-state index in [0.717, 1.165) is 0 Å². The first-order chi connectivity index (χ1) is 13.5. The lowest BCUT2D eigenvalue weighted by Crippen LogP contribution is -2.34. The smallest absolute Gasteiger partial charge is 0.306 e. The Morgan fingerprint density at radius 1 is 1.04 bits per heavy atom. The van der Waals surface area contributed by atoms with E-state index in [1.54, 1.807) is 31.4 Å². The number of carbonyl (C=O) groups excluding carboxylic acids is 3. The topological polar surface area (TPSA) is 115 Å². The van der Waals surface area contributed by atoms with Crippen LogP contribution in [-0.4, -0.2) is 63.5 Å². The summed E-state index contributed by atoms with van der Waals surface area (Å²) in [5.41, 5.74) is 0.984. The molecule has 28 heavy (non-hydrogen) atoms. The maximum Gasteiger partial charge on any atom is 0.306 e. The van der Waals surface area contributed by atoms with Crippen LogP contribution in [-0.2, 0) is 23.8 Å². The molecule has 0 unspecified atom stereocenters. The minimum absolute atomic E-state index is 0.0599. The average molecular weight is 411 g/mol. The molecular weight excluding hydrogens is 386 g/mol. The molecule has 9 nitrogen and oxygen atoms in total. The standard InChI is InChI=1S/C18H25N3O6S/c1-25-9-8-19-17(24)13-4-3-5-14(12-13)20-18(28)21-15(22)6-7-16(23)27-11-10-26-2/h3-5,12H,6-11H2,1-2H3,(H,19,24)(H2,20,21,22,28). The van der Waals surface area contributed by atoms with Gasteiger partial charge in [0.1, 0.15) is 6.61 Å². The molecule has 0 heterocycles. The van der Waals surface area contributed by atoms with E-state index in [9.17, 15) is 14.4 Å². The van der Waals surface area contributed by atoms with Gasteiger partial charge < -0.3 is 30.2 Å². The van der Waals surface area contributed by atoms with Crippen molar-refractivity contribution >= 4 is 40.8 Å². The Hall–Kier alpha value is -2.56. The average Bonchev–Trinajstić information content (AvgIpc) is 2.67. The van der Waals surface area contributed by atoms with Gasteiger partial charge in [-0.1, -0.05) is 6.07 Å². The van der Waals surface area contributed by atoms with Crippen molar-refractivity contribution in [2.45, 2.75) is 12.8 Å². The molecule has 0 aliphatic carbocycles. The zero-order valence-electron chi connectivity index (χ0n) is 15.9. The second-order valence-corrected chi connectivity index (χ2v) is 5.95. The molecule has 154 valence electrons. The zero-order valence-corrected chi connectivity index (χ0v) is 16.7. The Bertz CT molecular complexity index is 683. The van der Waals surface area contributed by atoms with Gasteiger partial charge in [-0.15, -0.1) is 0 Å². The summed E-state index contributed by atoms with van der Waals surface area (Å²) in [6.45, 7) is 1.26. The normalized spacial score (nSPS) is 10.1. The fourth-order valence-corrected chi connectivity index (χ4v) is 2.22. The van der Waals surface area contributed by atoms with Gasteiger partial charge in [0.25, 0.3) is 5.91 Å². The van der Waals surface area contributed by atoms with Crippen LogP contribution in [0.25, 0.3) is 0 Å². The van der Waals surface area contributed by atoms with Crippen LogP contribution < -0.4 is 16.0 Å². The highest BCUT2D eigenvalue weighted by Gasteiger charge is 2.11. The fourth-order valence-electron chi connectivity index (χ4n) is 1.98. The van der Waals surface area contributed by atoms with Crippen LogP contribution in [0.15, 0.2) is 24.3 Å². The van der Waals surface area contributed by atoms with E-state index in [4.69, 9.17) is 26.4 Å². The van der Waals surface area contributed by atoms with Crippen molar-refractivity contribution in [1.82, 2.24) is 10.6 Å². The molecule has 0 atom stereocenters. The quantitative estimate of drug-likeness (QED) is 0.279. The predicted octanol–water partition coefficient (Wildman–Crippen LogP) is 0.846. The molecule has 2 amide bonds. The molecule has 0 bridgehead atoms. The van der Waals surface area contributed by atoms with Crippen LogP contribution in [0.5, 0.6) is 0 Å². The number of amides is 2. The fraction of sp³-hybridized carbons (Fsp3) is 0.444. The van der Waals surface area contributed by atoms with Gasteiger partial charge in [0.15, 0.2) is 5.11 Å². The van der Waals surface area contributed by atoms with Gasteiger partial charge >= 0.3 is 5.97 Å². The number of nitrogens with one attached hydrogen (secondary N) is 3. The lowest BCUT2D eigenvalue weighted by Gasteiger charge is -2.11. The summed E-state index contributed by atoms with van der Waals surface area (Å²) < 4.78 is 14.5. The molecule has 1 aromatic carbocycles. The largest absolute Gasteiger partial charge is 0.463 e. The number of benzene rings is 1. The van der Waals surface area contributed by atoms with Crippen LogP contribution in [0.1, 0.15) is 23.2 Å². The van der Waals surface area contributed by atoms with Gasteiger partial charge in [0, 0.05) is 38.4 Å². The van der Waals surface area contributed by atoms with E-state index in [-0.39, 0.29) is 30.5 Å². The monoisotopic (exact) mass is 411 g/mol. The van der Waals surface area contributed by atoms with Crippen molar-refractivity contribution in [3.63, 3.8) is 0 Å². The van der Waals surface area contributed by atoms with Gasteiger partial charge in [-0.3, -0.25) is 14.4 Å². The second-order valence-electron chi connectivity index (χ2n) is 5.55. The van der Waals surface area contributed by atoms with Crippen LogP contribution in [0.2, 0.25) is 0 Å². The number of thiocarbonyl (C=S) groups is 1. The third kappa shape index (κ3) is 9.95. The Morgan fingerprint density at radius 3 is 2.50 bits per heavy atom. The summed E-state index contributed by atoms with van der Waals surface area (Å²) in [4.78, 5) is 35.3. The highest BCUT2D eigenvalue weighted by Crippen LogP contribution is 2.10. The maximum absolute atomic E-state index is 12.0. The van der Waals surface area contributed by atoms with Gasteiger partial charge in [0.2, 0.25) is 5.91 Å². The summed E-state index contributed by atoms with van der Waals surface area (Å²) in [5.74, 6) is -1.16. The van der Waals surface area contributed by atoms with E-state index in [0.29, 0.717) is 31.0 Å². The maximum atomic E-state index is 12.0. The summed E-state index contributed by atoms with van der Waals surface area (Å²) in [7, 11) is 3.05. The first-order valence-corrected chi connectivity index (χ1v) is 8.99. The Morgan fingerprint density at radius 2 is 1.79 bits per heavy atom.